The smallest absolute Gasteiger partial charge is 0.828 e. The van der Waals surface area contributed by atoms with Crippen LogP contribution in [0.4, 0.5) is 0 Å². The molecule has 8 nitrogen and oxygen atoms in total. The third kappa shape index (κ3) is 499. The summed E-state index contributed by atoms with van der Waals surface area (Å²) in [6, 6.07) is 0. The molecule has 0 aliphatic carbocycles. The fraction of sp³-hybridized carbons (Fsp3) is 0. The van der Waals surface area contributed by atoms with Crippen LogP contribution in [-0.2, 0) is 4.57 Å². The molecule has 5 N–H and O–H groups in total. The van der Waals surface area contributed by atoms with Crippen LogP contribution in [0.3, 0.4) is 0 Å². The SMILES string of the molecule is O=P(O)(O)O.[Ca+2].[O-][Si]([O-])(O)O. The fourth-order valence-corrected chi connectivity index (χ4v) is 0. The van der Waals surface area contributed by atoms with E-state index in [4.69, 9.17) is 38.4 Å². The second-order valence-corrected chi connectivity index (χ2v) is 3.19. The van der Waals surface area contributed by atoms with Gasteiger partial charge in [0.15, 0.2) is 0 Å². The monoisotopic (exact) mass is 232 g/mol. The molecule has 0 aliphatic rings. The van der Waals surface area contributed by atoms with E-state index in [9.17, 15) is 0 Å². The van der Waals surface area contributed by atoms with Gasteiger partial charge in [-0.1, -0.05) is 0 Å². The Kier molecular flexibility index (Phi) is 11.4. The van der Waals surface area contributed by atoms with E-state index < -0.39 is 16.9 Å². The van der Waals surface area contributed by atoms with E-state index in [0.29, 0.717) is 0 Å². The third-order valence-corrected chi connectivity index (χ3v) is 0. The first-order valence-electron chi connectivity index (χ1n) is 1.64. The van der Waals surface area contributed by atoms with Crippen LogP contribution in [0, 0.1) is 0 Å². The maximum Gasteiger partial charge on any atom is 2.00 e. The van der Waals surface area contributed by atoms with Gasteiger partial charge in [-0.3, -0.25) is 0 Å². The Balaban J connectivity index is -0.000000107. The van der Waals surface area contributed by atoms with Crippen LogP contribution in [0.1, 0.15) is 0 Å². The minimum absolute atomic E-state index is 0. The zero-order valence-corrected chi connectivity index (χ0v) is 9.22. The number of hydrogen-bond acceptors (Lipinski definition) is 5. The Bertz CT molecular complexity index is 106. The standard InChI is InChI=1S/Ca.H3O4P.H2O4Si/c;2*1-5(2,3)4/h;(H3,1,2,3,4);1-2H/q+2;;-2. The molecule has 0 fully saturated rings. The summed E-state index contributed by atoms with van der Waals surface area (Å²) in [6.07, 6.45) is 0. The van der Waals surface area contributed by atoms with Gasteiger partial charge in [-0.05, 0) is 0 Å². The molecule has 0 atom stereocenters. The minimum atomic E-state index is -5.11. The first-order valence-corrected chi connectivity index (χ1v) is 4.91. The van der Waals surface area contributed by atoms with Crippen molar-refractivity contribution in [3.63, 3.8) is 0 Å². The number of hydrogen-bond donors (Lipinski definition) is 5. The molecule has 0 saturated carbocycles. The van der Waals surface area contributed by atoms with Crippen LogP contribution in [0.25, 0.3) is 0 Å². The number of phosphoric acid groups is 1. The van der Waals surface area contributed by atoms with Gasteiger partial charge in [0.1, 0.15) is 9.05 Å². The topological polar surface area (TPSA) is 164 Å². The summed E-state index contributed by atoms with van der Waals surface area (Å²) in [6.45, 7) is 0. The Morgan fingerprint density at radius 3 is 1.09 bits per heavy atom. The van der Waals surface area contributed by atoms with Gasteiger partial charge in [0.05, 0.1) is 0 Å². The van der Waals surface area contributed by atoms with Crippen molar-refractivity contribution >= 4 is 54.6 Å². The van der Waals surface area contributed by atoms with E-state index in [1.807, 2.05) is 0 Å². The second-order valence-electron chi connectivity index (χ2n) is 1.06. The molecule has 0 amide bonds. The second kappa shape index (κ2) is 6.89. The van der Waals surface area contributed by atoms with Crippen LogP contribution >= 0.6 is 7.82 Å². The molecule has 0 aromatic carbocycles. The maximum absolute atomic E-state index is 8.88. The molecule has 0 aromatic heterocycles. The molecule has 0 aromatic rings. The third-order valence-electron chi connectivity index (χ3n) is 0. The Morgan fingerprint density at radius 1 is 1.09 bits per heavy atom. The van der Waals surface area contributed by atoms with Gasteiger partial charge in [0.2, 0.25) is 0 Å². The van der Waals surface area contributed by atoms with Crippen LogP contribution in [-0.4, -0.2) is 71.1 Å². The Labute approximate surface area is 92.5 Å². The molecular weight excluding hydrogens is 227 g/mol. The quantitative estimate of drug-likeness (QED) is 0.204. The molecule has 0 spiro atoms. The van der Waals surface area contributed by atoms with Crippen molar-refractivity contribution < 1.29 is 38.4 Å². The van der Waals surface area contributed by atoms with E-state index in [1.54, 1.807) is 0 Å². The summed E-state index contributed by atoms with van der Waals surface area (Å²) in [5.41, 5.74) is 0. The first-order chi connectivity index (χ1) is 4.00. The molecule has 0 bridgehead atoms. The normalized spacial score (nSPS) is 10.8. The first kappa shape index (κ1) is 18.3. The summed E-state index contributed by atoms with van der Waals surface area (Å²) in [7, 11) is -9.75. The van der Waals surface area contributed by atoms with Crippen molar-refractivity contribution in [1.82, 2.24) is 0 Å². The van der Waals surface area contributed by atoms with E-state index >= 15 is 0 Å². The predicted molar refractivity (Wildman–Crippen MR) is 30.2 cm³/mol. The summed E-state index contributed by atoms with van der Waals surface area (Å²) in [4.78, 5) is 53.4. The number of rotatable bonds is 0. The van der Waals surface area contributed by atoms with Gasteiger partial charge in [-0.2, -0.15) is 0 Å². The van der Waals surface area contributed by atoms with E-state index in [2.05, 4.69) is 0 Å². The van der Waals surface area contributed by atoms with Gasteiger partial charge < -0.3 is 33.9 Å². The van der Waals surface area contributed by atoms with Crippen molar-refractivity contribution in [2.75, 3.05) is 0 Å². The molecule has 0 rings (SSSR count). The average Bonchev–Trinajstić information content (AvgIpc) is 1.12. The summed E-state index contributed by atoms with van der Waals surface area (Å²) in [5.74, 6) is 0. The molecule has 0 saturated heterocycles. The molecular formula is H5CaO8PSi. The van der Waals surface area contributed by atoms with E-state index in [0.717, 1.165) is 0 Å². The van der Waals surface area contributed by atoms with Crippen LogP contribution < -0.4 is 9.59 Å². The van der Waals surface area contributed by atoms with Crippen LogP contribution in [0.2, 0.25) is 0 Å². The molecule has 0 unspecified atom stereocenters. The van der Waals surface area contributed by atoms with Crippen molar-refractivity contribution in [1.29, 1.82) is 0 Å². The van der Waals surface area contributed by atoms with Gasteiger partial charge in [0, 0.05) is 0 Å². The maximum atomic E-state index is 8.88. The molecule has 11 heteroatoms. The molecule has 64 valence electrons. The van der Waals surface area contributed by atoms with Gasteiger partial charge in [0.25, 0.3) is 0 Å². The van der Waals surface area contributed by atoms with Crippen molar-refractivity contribution in [2.45, 2.75) is 0 Å². The largest absolute Gasteiger partial charge is 2.00 e. The summed E-state index contributed by atoms with van der Waals surface area (Å²) in [5, 5.41) is 0. The van der Waals surface area contributed by atoms with Crippen LogP contribution in [0.15, 0.2) is 0 Å². The van der Waals surface area contributed by atoms with Crippen molar-refractivity contribution in [3.8, 4) is 0 Å². The minimum Gasteiger partial charge on any atom is -0.828 e. The molecule has 0 aliphatic heterocycles. The summed E-state index contributed by atoms with van der Waals surface area (Å²) < 4.78 is 8.88. The molecule has 0 radical (unpaired) electrons. The van der Waals surface area contributed by atoms with Gasteiger partial charge >= 0.3 is 45.6 Å². The summed E-state index contributed by atoms with van der Waals surface area (Å²) >= 11 is 0. The molecule has 11 heavy (non-hydrogen) atoms. The average molecular weight is 232 g/mol. The zero-order valence-electron chi connectivity index (χ0n) is 5.12. The van der Waals surface area contributed by atoms with E-state index in [1.165, 1.54) is 0 Å². The van der Waals surface area contributed by atoms with Crippen LogP contribution in [0.5, 0.6) is 0 Å². The zero-order chi connectivity index (χ0) is 9.00. The Hall–Kier alpha value is 1.43. The van der Waals surface area contributed by atoms with Gasteiger partial charge in [-0.15, -0.1) is 0 Å². The molecule has 0 heterocycles. The fourth-order valence-electron chi connectivity index (χ4n) is 0. The predicted octanol–water partition coefficient (Wildman–Crippen LogP) is -5.18. The van der Waals surface area contributed by atoms with E-state index in [-0.39, 0.29) is 37.7 Å². The van der Waals surface area contributed by atoms with Crippen molar-refractivity contribution in [2.24, 2.45) is 0 Å². The van der Waals surface area contributed by atoms with Gasteiger partial charge in [-0.25, -0.2) is 4.57 Å². The Morgan fingerprint density at radius 2 is 1.09 bits per heavy atom. The van der Waals surface area contributed by atoms with Crippen molar-refractivity contribution in [3.05, 3.63) is 0 Å².